The zero-order valence-electron chi connectivity index (χ0n) is 12.8. The summed E-state index contributed by atoms with van der Waals surface area (Å²) in [7, 11) is 0. The maximum Gasteiger partial charge on any atom is 0.248 e. The van der Waals surface area contributed by atoms with Gasteiger partial charge in [-0.15, -0.1) is 0 Å². The van der Waals surface area contributed by atoms with E-state index in [9.17, 15) is 4.79 Å². The quantitative estimate of drug-likeness (QED) is 0.658. The fourth-order valence-electron chi connectivity index (χ4n) is 3.14. The van der Waals surface area contributed by atoms with E-state index in [4.69, 9.17) is 17.2 Å². The van der Waals surface area contributed by atoms with Gasteiger partial charge in [-0.1, -0.05) is 13.0 Å². The summed E-state index contributed by atoms with van der Waals surface area (Å²) >= 11 is 0. The molecule has 1 aromatic rings. The lowest BCUT2D eigenvalue weighted by atomic mass is 9.96. The molecule has 118 valence electrons. The molecule has 0 spiro atoms. The molecule has 6 heteroatoms. The van der Waals surface area contributed by atoms with Gasteiger partial charge in [0.25, 0.3) is 0 Å². The van der Waals surface area contributed by atoms with Gasteiger partial charge in [-0.3, -0.25) is 4.79 Å². The van der Waals surface area contributed by atoms with Crippen LogP contribution in [-0.4, -0.2) is 22.7 Å². The molecule has 0 aromatic carbocycles. The van der Waals surface area contributed by atoms with Gasteiger partial charge in [-0.05, 0) is 37.0 Å². The number of primary amides is 1. The molecule has 0 radical (unpaired) electrons. The number of nitrogens with two attached hydrogens (primary N) is 3. The number of carbonyl (C=O) groups excluding carboxylic acids is 1. The Kier molecular flexibility index (Phi) is 3.80. The van der Waals surface area contributed by atoms with E-state index in [1.165, 1.54) is 5.56 Å². The first-order valence-electron chi connectivity index (χ1n) is 7.74. The summed E-state index contributed by atoms with van der Waals surface area (Å²) < 4.78 is 2.18. The lowest BCUT2D eigenvalue weighted by molar-refractivity contribution is -0.114. The highest BCUT2D eigenvalue weighted by atomic mass is 16.1. The average Bonchev–Trinajstić information content (AvgIpc) is 2.80. The van der Waals surface area contributed by atoms with E-state index in [1.807, 2.05) is 6.08 Å². The van der Waals surface area contributed by atoms with Gasteiger partial charge in [0.05, 0.1) is 5.57 Å². The van der Waals surface area contributed by atoms with Crippen molar-refractivity contribution in [3.63, 3.8) is 0 Å². The summed E-state index contributed by atoms with van der Waals surface area (Å²) in [5.41, 5.74) is 21.5. The summed E-state index contributed by atoms with van der Waals surface area (Å²) in [6.45, 7) is 2.80. The Balaban J connectivity index is 2.15. The van der Waals surface area contributed by atoms with Gasteiger partial charge in [0, 0.05) is 23.8 Å². The molecule has 1 aromatic heterocycles. The fraction of sp³-hybridized carbons (Fsp3) is 0.438. The second-order valence-corrected chi connectivity index (χ2v) is 5.93. The molecule has 0 bridgehead atoms. The number of fused-ring (bicyclic) bond motifs is 3. The van der Waals surface area contributed by atoms with Gasteiger partial charge in [0.2, 0.25) is 5.91 Å². The van der Waals surface area contributed by atoms with E-state index in [0.29, 0.717) is 5.57 Å². The first kappa shape index (κ1) is 14.9. The summed E-state index contributed by atoms with van der Waals surface area (Å²) in [5, 5.41) is 3.23. The summed E-state index contributed by atoms with van der Waals surface area (Å²) in [4.78, 5) is 11.6. The number of nitrogens with one attached hydrogen (secondary N) is 1. The first-order chi connectivity index (χ1) is 10.5. The number of anilines is 1. The molecule has 2 unspecified atom stereocenters. The summed E-state index contributed by atoms with van der Waals surface area (Å²) in [5.74, 6) is 0.460. The Morgan fingerprint density at radius 1 is 1.55 bits per heavy atom. The van der Waals surface area contributed by atoms with Crippen LogP contribution in [0.15, 0.2) is 11.6 Å². The molecule has 1 amide bonds. The smallest absolute Gasteiger partial charge is 0.248 e. The number of rotatable bonds is 4. The molecule has 7 N–H and O–H groups in total. The number of carbonyl (C=O) groups is 1. The Hall–Kier alpha value is -2.05. The highest BCUT2D eigenvalue weighted by Crippen LogP contribution is 2.37. The molecule has 2 heterocycles. The Morgan fingerprint density at radius 2 is 2.32 bits per heavy atom. The number of hydrogen-bond donors (Lipinski definition) is 4. The van der Waals surface area contributed by atoms with E-state index < -0.39 is 12.1 Å². The zero-order chi connectivity index (χ0) is 15.9. The lowest BCUT2D eigenvalue weighted by Crippen LogP contribution is -2.40. The van der Waals surface area contributed by atoms with Crippen LogP contribution in [0.5, 0.6) is 0 Å². The van der Waals surface area contributed by atoms with Crippen molar-refractivity contribution in [2.45, 2.75) is 44.9 Å². The second kappa shape index (κ2) is 5.62. The fourth-order valence-corrected chi connectivity index (χ4v) is 3.14. The molecular weight excluding hydrogens is 278 g/mol. The van der Waals surface area contributed by atoms with Crippen LogP contribution >= 0.6 is 0 Å². The maximum absolute atomic E-state index is 11.6. The molecule has 2 aliphatic rings. The minimum absolute atomic E-state index is 0.0791. The van der Waals surface area contributed by atoms with Crippen molar-refractivity contribution in [3.8, 4) is 0 Å². The van der Waals surface area contributed by atoms with Crippen molar-refractivity contribution < 1.29 is 4.79 Å². The molecule has 3 rings (SSSR count). The molecular formula is C16H23N5O. The average molecular weight is 301 g/mol. The third kappa shape index (κ3) is 2.34. The zero-order valence-corrected chi connectivity index (χ0v) is 12.8. The van der Waals surface area contributed by atoms with Crippen LogP contribution in [0.2, 0.25) is 0 Å². The monoisotopic (exact) mass is 301 g/mol. The van der Waals surface area contributed by atoms with Gasteiger partial charge in [-0.25, -0.2) is 0 Å². The second-order valence-electron chi connectivity index (χ2n) is 5.93. The normalized spacial score (nSPS) is 20.7. The molecule has 0 fully saturated rings. The van der Waals surface area contributed by atoms with Crippen LogP contribution in [0, 0.1) is 0 Å². The predicted molar refractivity (Wildman–Crippen MR) is 88.8 cm³/mol. The van der Waals surface area contributed by atoms with Gasteiger partial charge in [0.1, 0.15) is 12.0 Å². The van der Waals surface area contributed by atoms with E-state index in [-0.39, 0.29) is 6.04 Å². The molecule has 1 aliphatic heterocycles. The summed E-state index contributed by atoms with van der Waals surface area (Å²) in [6, 6.07) is 0.0791. The van der Waals surface area contributed by atoms with E-state index in [1.54, 1.807) is 0 Å². The Labute approximate surface area is 130 Å². The molecule has 0 saturated carbocycles. The van der Waals surface area contributed by atoms with E-state index in [2.05, 4.69) is 29.0 Å². The third-order valence-electron chi connectivity index (χ3n) is 4.44. The van der Waals surface area contributed by atoms with Crippen molar-refractivity contribution in [1.29, 1.82) is 0 Å². The molecule has 6 nitrogen and oxygen atoms in total. The predicted octanol–water partition coefficient (Wildman–Crippen LogP) is 0.764. The van der Waals surface area contributed by atoms with Crippen molar-refractivity contribution in [2.24, 2.45) is 17.2 Å². The maximum atomic E-state index is 11.6. The van der Waals surface area contributed by atoms with E-state index >= 15 is 0 Å². The lowest BCUT2D eigenvalue weighted by Gasteiger charge is -2.24. The van der Waals surface area contributed by atoms with Crippen molar-refractivity contribution in [2.75, 3.05) is 5.32 Å². The first-order valence-corrected chi connectivity index (χ1v) is 7.74. The van der Waals surface area contributed by atoms with E-state index in [0.717, 1.165) is 42.9 Å². The standard InChI is InChI=1S/C16H23N5O/c1-2-9(17)8-21-13-6-4-3-5-10(13)11-7-12(15(19)22)14(18)20-16(11)21/h4,6-7,9,14,20H,2-3,5,8,17-18H2,1H3,(H2,19,22). The molecule has 1 aliphatic carbocycles. The van der Waals surface area contributed by atoms with Gasteiger partial charge < -0.3 is 27.1 Å². The summed E-state index contributed by atoms with van der Waals surface area (Å²) in [6.07, 6.45) is 8.40. The van der Waals surface area contributed by atoms with Gasteiger partial charge in [-0.2, -0.15) is 0 Å². The molecule has 22 heavy (non-hydrogen) atoms. The Morgan fingerprint density at radius 3 is 3.00 bits per heavy atom. The minimum Gasteiger partial charge on any atom is -0.366 e. The van der Waals surface area contributed by atoms with Crippen LogP contribution < -0.4 is 22.5 Å². The van der Waals surface area contributed by atoms with Crippen LogP contribution in [0.1, 0.15) is 36.6 Å². The number of allylic oxidation sites excluding steroid dienone is 1. The van der Waals surface area contributed by atoms with Crippen molar-refractivity contribution in [1.82, 2.24) is 4.57 Å². The number of aromatic nitrogens is 1. The molecule has 2 atom stereocenters. The van der Waals surface area contributed by atoms with Crippen LogP contribution in [0.3, 0.4) is 0 Å². The van der Waals surface area contributed by atoms with Crippen molar-refractivity contribution >= 4 is 23.9 Å². The number of nitrogens with zero attached hydrogens (tertiary/aromatic N) is 1. The third-order valence-corrected chi connectivity index (χ3v) is 4.44. The SMILES string of the molecule is CCC(N)Cn1c2c(c3c1NC(N)C(C(N)=O)=C3)CCC=C2. The Bertz CT molecular complexity index is 671. The number of amides is 1. The van der Waals surface area contributed by atoms with Crippen LogP contribution in [-0.2, 0) is 17.8 Å². The highest BCUT2D eigenvalue weighted by molar-refractivity contribution is 6.01. The molecule has 0 saturated heterocycles. The minimum atomic E-state index is -0.582. The van der Waals surface area contributed by atoms with Crippen molar-refractivity contribution in [3.05, 3.63) is 28.5 Å². The van der Waals surface area contributed by atoms with Gasteiger partial charge in [0.15, 0.2) is 0 Å². The van der Waals surface area contributed by atoms with Gasteiger partial charge >= 0.3 is 0 Å². The topological polar surface area (TPSA) is 112 Å². The van der Waals surface area contributed by atoms with Crippen LogP contribution in [0.4, 0.5) is 5.82 Å². The van der Waals surface area contributed by atoms with Crippen LogP contribution in [0.25, 0.3) is 12.2 Å². The highest BCUT2D eigenvalue weighted by Gasteiger charge is 2.29. The largest absolute Gasteiger partial charge is 0.366 e. The number of hydrogen-bond acceptors (Lipinski definition) is 4.